The fourth-order valence-electron chi connectivity index (χ4n) is 4.07. The SMILES string of the molecule is CCCC1CCC(CN)(N(C)C2CCOCC2)CC1. The number of nitrogens with zero attached hydrogens (tertiary/aromatic N) is 1. The molecular formula is C16H32N2O. The van der Waals surface area contributed by atoms with Crippen LogP contribution in [0.4, 0.5) is 0 Å². The zero-order valence-corrected chi connectivity index (χ0v) is 12.9. The fourth-order valence-corrected chi connectivity index (χ4v) is 4.07. The summed E-state index contributed by atoms with van der Waals surface area (Å²) in [6, 6.07) is 0.681. The van der Waals surface area contributed by atoms with Crippen molar-refractivity contribution < 1.29 is 4.74 Å². The molecular weight excluding hydrogens is 236 g/mol. The summed E-state index contributed by atoms with van der Waals surface area (Å²) in [5.74, 6) is 0.952. The molecule has 1 heterocycles. The Morgan fingerprint density at radius 1 is 1.16 bits per heavy atom. The Morgan fingerprint density at radius 2 is 1.79 bits per heavy atom. The molecule has 2 rings (SSSR count). The van der Waals surface area contributed by atoms with Crippen molar-refractivity contribution in [2.75, 3.05) is 26.8 Å². The lowest BCUT2D eigenvalue weighted by molar-refractivity contribution is -0.0220. The first-order valence-electron chi connectivity index (χ1n) is 8.22. The van der Waals surface area contributed by atoms with Gasteiger partial charge in [-0.05, 0) is 51.5 Å². The quantitative estimate of drug-likeness (QED) is 0.833. The van der Waals surface area contributed by atoms with Gasteiger partial charge in [-0.2, -0.15) is 0 Å². The molecule has 0 aromatic rings. The van der Waals surface area contributed by atoms with Gasteiger partial charge in [0, 0.05) is 31.3 Å². The number of hydrogen-bond donors (Lipinski definition) is 1. The van der Waals surface area contributed by atoms with Crippen LogP contribution in [0.15, 0.2) is 0 Å². The molecule has 0 aromatic heterocycles. The van der Waals surface area contributed by atoms with E-state index in [0.29, 0.717) is 6.04 Å². The molecule has 2 N–H and O–H groups in total. The van der Waals surface area contributed by atoms with Crippen LogP contribution in [0.5, 0.6) is 0 Å². The second-order valence-electron chi connectivity index (χ2n) is 6.61. The number of nitrogens with two attached hydrogens (primary N) is 1. The second-order valence-corrected chi connectivity index (χ2v) is 6.61. The monoisotopic (exact) mass is 268 g/mol. The summed E-state index contributed by atoms with van der Waals surface area (Å²) in [6.45, 7) is 4.97. The third-order valence-electron chi connectivity index (χ3n) is 5.60. The van der Waals surface area contributed by atoms with Crippen LogP contribution in [0.3, 0.4) is 0 Å². The molecule has 3 heteroatoms. The van der Waals surface area contributed by atoms with Crippen molar-refractivity contribution in [2.24, 2.45) is 11.7 Å². The summed E-state index contributed by atoms with van der Waals surface area (Å²) < 4.78 is 5.49. The Hall–Kier alpha value is -0.120. The van der Waals surface area contributed by atoms with Crippen LogP contribution in [0.2, 0.25) is 0 Å². The van der Waals surface area contributed by atoms with Gasteiger partial charge in [0.1, 0.15) is 0 Å². The zero-order valence-electron chi connectivity index (χ0n) is 12.9. The maximum absolute atomic E-state index is 6.19. The normalized spacial score (nSPS) is 33.8. The molecule has 0 spiro atoms. The predicted molar refractivity (Wildman–Crippen MR) is 80.3 cm³/mol. The van der Waals surface area contributed by atoms with Gasteiger partial charge >= 0.3 is 0 Å². The van der Waals surface area contributed by atoms with Crippen LogP contribution < -0.4 is 5.73 Å². The van der Waals surface area contributed by atoms with E-state index in [0.717, 1.165) is 25.7 Å². The van der Waals surface area contributed by atoms with Crippen LogP contribution in [0.1, 0.15) is 58.3 Å². The lowest BCUT2D eigenvalue weighted by Gasteiger charge is -2.50. The molecule has 0 atom stereocenters. The number of likely N-dealkylation sites (N-methyl/N-ethyl adjacent to an activating group) is 1. The summed E-state index contributed by atoms with van der Waals surface area (Å²) in [7, 11) is 2.31. The summed E-state index contributed by atoms with van der Waals surface area (Å²) in [5, 5.41) is 0. The van der Waals surface area contributed by atoms with E-state index in [-0.39, 0.29) is 5.54 Å². The van der Waals surface area contributed by atoms with E-state index >= 15 is 0 Å². The highest BCUT2D eigenvalue weighted by molar-refractivity contribution is 4.97. The molecule has 2 aliphatic rings. The van der Waals surface area contributed by atoms with E-state index in [1.807, 2.05) is 0 Å². The number of rotatable bonds is 5. The fraction of sp³-hybridized carbons (Fsp3) is 1.00. The van der Waals surface area contributed by atoms with Gasteiger partial charge in [0.15, 0.2) is 0 Å². The molecule has 0 aromatic carbocycles. The Bertz CT molecular complexity index is 255. The maximum Gasteiger partial charge on any atom is 0.0480 e. The van der Waals surface area contributed by atoms with Crippen molar-refractivity contribution >= 4 is 0 Å². The first kappa shape index (κ1) is 15.3. The smallest absolute Gasteiger partial charge is 0.0480 e. The van der Waals surface area contributed by atoms with Crippen molar-refractivity contribution in [2.45, 2.75) is 69.9 Å². The molecule has 0 unspecified atom stereocenters. The van der Waals surface area contributed by atoms with Crippen LogP contribution in [0, 0.1) is 5.92 Å². The van der Waals surface area contributed by atoms with Crippen LogP contribution in [0.25, 0.3) is 0 Å². The topological polar surface area (TPSA) is 38.5 Å². The van der Waals surface area contributed by atoms with Gasteiger partial charge in [-0.1, -0.05) is 19.8 Å². The Morgan fingerprint density at radius 3 is 2.32 bits per heavy atom. The van der Waals surface area contributed by atoms with E-state index in [2.05, 4.69) is 18.9 Å². The first-order valence-corrected chi connectivity index (χ1v) is 8.22. The minimum absolute atomic E-state index is 0.270. The zero-order chi connectivity index (χ0) is 13.7. The van der Waals surface area contributed by atoms with E-state index in [9.17, 15) is 0 Å². The first-order chi connectivity index (χ1) is 9.22. The van der Waals surface area contributed by atoms with Crippen LogP contribution in [-0.4, -0.2) is 43.3 Å². The molecule has 1 aliphatic carbocycles. The lowest BCUT2D eigenvalue weighted by Crippen LogP contribution is -2.58. The Labute approximate surface area is 118 Å². The van der Waals surface area contributed by atoms with Gasteiger partial charge in [0.05, 0.1) is 0 Å². The predicted octanol–water partition coefficient (Wildman–Crippen LogP) is 2.79. The number of hydrogen-bond acceptors (Lipinski definition) is 3. The largest absolute Gasteiger partial charge is 0.381 e. The Balaban J connectivity index is 1.94. The van der Waals surface area contributed by atoms with E-state index in [4.69, 9.17) is 10.5 Å². The molecule has 1 saturated carbocycles. The second kappa shape index (κ2) is 7.05. The lowest BCUT2D eigenvalue weighted by atomic mass is 9.73. The van der Waals surface area contributed by atoms with E-state index < -0.39 is 0 Å². The van der Waals surface area contributed by atoms with Crippen molar-refractivity contribution in [3.8, 4) is 0 Å². The van der Waals surface area contributed by atoms with Crippen molar-refractivity contribution in [3.05, 3.63) is 0 Å². The molecule has 1 aliphatic heterocycles. The molecule has 0 bridgehead atoms. The van der Waals surface area contributed by atoms with E-state index in [1.54, 1.807) is 0 Å². The molecule has 112 valence electrons. The molecule has 1 saturated heterocycles. The minimum Gasteiger partial charge on any atom is -0.381 e. The Kier molecular flexibility index (Phi) is 5.67. The minimum atomic E-state index is 0.270. The van der Waals surface area contributed by atoms with Gasteiger partial charge in [-0.25, -0.2) is 0 Å². The maximum atomic E-state index is 6.19. The van der Waals surface area contributed by atoms with Crippen LogP contribution in [-0.2, 0) is 4.74 Å². The molecule has 0 amide bonds. The third kappa shape index (κ3) is 3.50. The number of ether oxygens (including phenoxy) is 1. The van der Waals surface area contributed by atoms with Crippen molar-refractivity contribution in [1.82, 2.24) is 4.90 Å². The van der Waals surface area contributed by atoms with Crippen molar-refractivity contribution in [3.63, 3.8) is 0 Å². The van der Waals surface area contributed by atoms with Crippen LogP contribution >= 0.6 is 0 Å². The third-order valence-corrected chi connectivity index (χ3v) is 5.60. The molecule has 2 fully saturated rings. The summed E-state index contributed by atoms with van der Waals surface area (Å²) in [4.78, 5) is 2.62. The van der Waals surface area contributed by atoms with Gasteiger partial charge in [-0.3, -0.25) is 4.90 Å². The van der Waals surface area contributed by atoms with E-state index in [1.165, 1.54) is 51.4 Å². The highest BCUT2D eigenvalue weighted by Gasteiger charge is 2.40. The van der Waals surface area contributed by atoms with Gasteiger partial charge in [0.25, 0.3) is 0 Å². The molecule has 19 heavy (non-hydrogen) atoms. The summed E-state index contributed by atoms with van der Waals surface area (Å²) >= 11 is 0. The molecule has 3 nitrogen and oxygen atoms in total. The summed E-state index contributed by atoms with van der Waals surface area (Å²) in [6.07, 6.45) is 10.4. The summed E-state index contributed by atoms with van der Waals surface area (Å²) in [5.41, 5.74) is 6.46. The standard InChI is InChI=1S/C16H32N2O/c1-3-4-14-5-9-16(13-17,10-6-14)18(2)15-7-11-19-12-8-15/h14-15H,3-13,17H2,1-2H3. The van der Waals surface area contributed by atoms with Gasteiger partial charge in [-0.15, -0.1) is 0 Å². The average molecular weight is 268 g/mol. The highest BCUT2D eigenvalue weighted by atomic mass is 16.5. The highest BCUT2D eigenvalue weighted by Crippen LogP contribution is 2.39. The average Bonchev–Trinajstić information content (AvgIpc) is 2.49. The van der Waals surface area contributed by atoms with Crippen molar-refractivity contribution in [1.29, 1.82) is 0 Å². The van der Waals surface area contributed by atoms with Gasteiger partial charge < -0.3 is 10.5 Å². The molecule has 0 radical (unpaired) electrons. The van der Waals surface area contributed by atoms with Gasteiger partial charge in [0.2, 0.25) is 0 Å².